The van der Waals surface area contributed by atoms with Crippen LogP contribution in [0.2, 0.25) is 5.02 Å². The number of likely N-dealkylation sites (tertiary alicyclic amines) is 1. The molecule has 0 spiro atoms. The van der Waals surface area contributed by atoms with Gasteiger partial charge in [-0.3, -0.25) is 9.69 Å². The molecule has 0 radical (unpaired) electrons. The van der Waals surface area contributed by atoms with E-state index in [1.54, 1.807) is 6.07 Å². The van der Waals surface area contributed by atoms with E-state index in [0.717, 1.165) is 6.07 Å². The number of hydrogen-bond acceptors (Lipinski definition) is 2. The highest BCUT2D eigenvalue weighted by Crippen LogP contribution is 2.35. The Bertz CT molecular complexity index is 519. The van der Waals surface area contributed by atoms with Crippen LogP contribution in [-0.2, 0) is 17.5 Å². The molecule has 7 heteroatoms. The summed E-state index contributed by atoms with van der Waals surface area (Å²) in [5.41, 5.74) is 4.91. The van der Waals surface area contributed by atoms with Gasteiger partial charge in [-0.1, -0.05) is 17.7 Å². The largest absolute Gasteiger partial charge is 0.417 e. The average molecular weight is 307 g/mol. The second-order valence-electron chi connectivity index (χ2n) is 4.94. The summed E-state index contributed by atoms with van der Waals surface area (Å²) in [6, 6.07) is 3.87. The molecule has 1 saturated heterocycles. The Kier molecular flexibility index (Phi) is 4.25. The SMILES string of the molecule is NC(=O)[C@@H]1CCN(Cc2ccc(Cl)c(C(F)(F)F)c2)C1. The van der Waals surface area contributed by atoms with Gasteiger partial charge in [-0.05, 0) is 30.7 Å². The zero-order valence-electron chi connectivity index (χ0n) is 10.6. The van der Waals surface area contributed by atoms with Crippen LogP contribution in [0, 0.1) is 5.92 Å². The third kappa shape index (κ3) is 3.43. The van der Waals surface area contributed by atoms with Crippen molar-refractivity contribution in [2.75, 3.05) is 13.1 Å². The fourth-order valence-corrected chi connectivity index (χ4v) is 2.58. The zero-order valence-corrected chi connectivity index (χ0v) is 11.3. The fraction of sp³-hybridized carbons (Fsp3) is 0.462. The van der Waals surface area contributed by atoms with Gasteiger partial charge in [0.15, 0.2) is 0 Å². The minimum Gasteiger partial charge on any atom is -0.369 e. The predicted octanol–water partition coefficient (Wildman–Crippen LogP) is 2.67. The van der Waals surface area contributed by atoms with Crippen LogP contribution < -0.4 is 5.73 Å². The molecule has 0 unspecified atom stereocenters. The summed E-state index contributed by atoms with van der Waals surface area (Å²) in [5, 5.41) is -0.308. The first-order valence-electron chi connectivity index (χ1n) is 6.14. The number of primary amides is 1. The Hall–Kier alpha value is -1.27. The molecule has 0 aromatic heterocycles. The zero-order chi connectivity index (χ0) is 14.9. The predicted molar refractivity (Wildman–Crippen MR) is 69.0 cm³/mol. The Morgan fingerprint density at radius 2 is 2.15 bits per heavy atom. The maximum atomic E-state index is 12.8. The highest BCUT2D eigenvalue weighted by molar-refractivity contribution is 6.31. The van der Waals surface area contributed by atoms with Gasteiger partial charge in [-0.15, -0.1) is 0 Å². The molecule has 1 amide bonds. The molecule has 1 fully saturated rings. The third-order valence-corrected chi connectivity index (χ3v) is 3.75. The second kappa shape index (κ2) is 5.61. The van der Waals surface area contributed by atoms with Crippen LogP contribution in [0.5, 0.6) is 0 Å². The van der Waals surface area contributed by atoms with Gasteiger partial charge in [0.25, 0.3) is 0 Å². The van der Waals surface area contributed by atoms with Crippen LogP contribution in [0.4, 0.5) is 13.2 Å². The minimum atomic E-state index is -4.46. The number of benzene rings is 1. The molecule has 3 nitrogen and oxygen atoms in total. The average Bonchev–Trinajstić information content (AvgIpc) is 2.79. The van der Waals surface area contributed by atoms with Crippen molar-refractivity contribution in [3.8, 4) is 0 Å². The van der Waals surface area contributed by atoms with Gasteiger partial charge in [0.1, 0.15) is 0 Å². The number of hydrogen-bond donors (Lipinski definition) is 1. The van der Waals surface area contributed by atoms with E-state index >= 15 is 0 Å². The van der Waals surface area contributed by atoms with Gasteiger partial charge >= 0.3 is 6.18 Å². The molecule has 1 aromatic rings. The topological polar surface area (TPSA) is 46.3 Å². The first-order chi connectivity index (χ1) is 9.27. The Balaban J connectivity index is 2.10. The lowest BCUT2D eigenvalue weighted by Crippen LogP contribution is -2.27. The first-order valence-corrected chi connectivity index (χ1v) is 6.52. The summed E-state index contributed by atoms with van der Waals surface area (Å²) in [4.78, 5) is 13.0. The van der Waals surface area contributed by atoms with Crippen molar-refractivity contribution in [2.45, 2.75) is 19.1 Å². The second-order valence-corrected chi connectivity index (χ2v) is 5.34. The maximum absolute atomic E-state index is 12.8. The molecule has 2 N–H and O–H groups in total. The molecule has 1 aliphatic heterocycles. The van der Waals surface area contributed by atoms with Gasteiger partial charge in [0.05, 0.1) is 16.5 Å². The molecule has 2 rings (SSSR count). The van der Waals surface area contributed by atoms with Crippen molar-refractivity contribution >= 4 is 17.5 Å². The molecule has 0 saturated carbocycles. The number of carbonyl (C=O) groups excluding carboxylic acids is 1. The third-order valence-electron chi connectivity index (χ3n) is 3.42. The van der Waals surface area contributed by atoms with E-state index in [9.17, 15) is 18.0 Å². The number of nitrogens with two attached hydrogens (primary N) is 1. The number of amides is 1. The van der Waals surface area contributed by atoms with E-state index in [-0.39, 0.29) is 16.8 Å². The molecule has 1 aliphatic rings. The number of carbonyl (C=O) groups is 1. The van der Waals surface area contributed by atoms with E-state index in [4.69, 9.17) is 17.3 Å². The monoisotopic (exact) mass is 306 g/mol. The number of halogens is 4. The van der Waals surface area contributed by atoms with Gasteiger partial charge in [0, 0.05) is 13.1 Å². The van der Waals surface area contributed by atoms with Crippen LogP contribution in [0.3, 0.4) is 0 Å². The summed E-state index contributed by atoms with van der Waals surface area (Å²) >= 11 is 5.57. The highest BCUT2D eigenvalue weighted by Gasteiger charge is 2.33. The van der Waals surface area contributed by atoms with E-state index in [1.807, 2.05) is 4.90 Å². The molecule has 1 atom stereocenters. The highest BCUT2D eigenvalue weighted by atomic mass is 35.5. The standard InChI is InChI=1S/C13H14ClF3N2O/c14-11-2-1-8(5-10(11)13(15,16)17)6-19-4-3-9(7-19)12(18)20/h1-2,5,9H,3-4,6-7H2,(H2,18,20)/t9-/m1/s1. The Morgan fingerprint density at radius 1 is 1.45 bits per heavy atom. The van der Waals surface area contributed by atoms with Crippen molar-refractivity contribution < 1.29 is 18.0 Å². The van der Waals surface area contributed by atoms with E-state index in [1.165, 1.54) is 6.07 Å². The molecular formula is C13H14ClF3N2O. The minimum absolute atomic E-state index is 0.218. The number of nitrogens with zero attached hydrogens (tertiary/aromatic N) is 1. The number of rotatable bonds is 3. The van der Waals surface area contributed by atoms with Crippen molar-refractivity contribution in [1.82, 2.24) is 4.90 Å². The van der Waals surface area contributed by atoms with Crippen LogP contribution in [0.15, 0.2) is 18.2 Å². The van der Waals surface area contributed by atoms with Crippen molar-refractivity contribution in [3.63, 3.8) is 0 Å². The van der Waals surface area contributed by atoms with E-state index in [2.05, 4.69) is 0 Å². The quantitative estimate of drug-likeness (QED) is 0.933. The van der Waals surface area contributed by atoms with Crippen LogP contribution in [-0.4, -0.2) is 23.9 Å². The molecule has 110 valence electrons. The van der Waals surface area contributed by atoms with Gasteiger partial charge in [-0.25, -0.2) is 0 Å². The lowest BCUT2D eigenvalue weighted by Gasteiger charge is -2.17. The summed E-state index contributed by atoms with van der Waals surface area (Å²) < 4.78 is 38.3. The molecule has 1 heterocycles. The lowest BCUT2D eigenvalue weighted by molar-refractivity contribution is -0.137. The summed E-state index contributed by atoms with van der Waals surface area (Å²) in [6.07, 6.45) is -3.82. The van der Waals surface area contributed by atoms with Crippen molar-refractivity contribution in [1.29, 1.82) is 0 Å². The smallest absolute Gasteiger partial charge is 0.369 e. The van der Waals surface area contributed by atoms with E-state index < -0.39 is 11.7 Å². The Labute approximate surface area is 119 Å². The molecule has 0 aliphatic carbocycles. The van der Waals surface area contributed by atoms with Crippen molar-refractivity contribution in [2.24, 2.45) is 11.7 Å². The summed E-state index contributed by atoms with van der Waals surface area (Å²) in [7, 11) is 0. The molecule has 0 bridgehead atoms. The summed E-state index contributed by atoms with van der Waals surface area (Å²) in [5.74, 6) is -0.580. The summed E-state index contributed by atoms with van der Waals surface area (Å²) in [6.45, 7) is 1.49. The molecular weight excluding hydrogens is 293 g/mol. The lowest BCUT2D eigenvalue weighted by atomic mass is 10.1. The van der Waals surface area contributed by atoms with Crippen molar-refractivity contribution in [3.05, 3.63) is 34.3 Å². The Morgan fingerprint density at radius 3 is 2.70 bits per heavy atom. The number of alkyl halides is 3. The normalized spacial score (nSPS) is 20.3. The first kappa shape index (κ1) is 15.1. The van der Waals surface area contributed by atoms with Crippen LogP contribution in [0.25, 0.3) is 0 Å². The van der Waals surface area contributed by atoms with Gasteiger partial charge < -0.3 is 5.73 Å². The van der Waals surface area contributed by atoms with Crippen LogP contribution >= 0.6 is 11.6 Å². The van der Waals surface area contributed by atoms with Crippen LogP contribution in [0.1, 0.15) is 17.5 Å². The van der Waals surface area contributed by atoms with Gasteiger partial charge in [0.2, 0.25) is 5.91 Å². The molecule has 20 heavy (non-hydrogen) atoms. The van der Waals surface area contributed by atoms with E-state index in [0.29, 0.717) is 31.6 Å². The molecule has 1 aromatic carbocycles. The fourth-order valence-electron chi connectivity index (χ4n) is 2.35. The maximum Gasteiger partial charge on any atom is 0.417 e. The van der Waals surface area contributed by atoms with Gasteiger partial charge in [-0.2, -0.15) is 13.2 Å².